The highest BCUT2D eigenvalue weighted by molar-refractivity contribution is 6.11. The van der Waals surface area contributed by atoms with Crippen molar-refractivity contribution >= 4 is 39.6 Å². The molecule has 0 atom stereocenters. The molecule has 10 nitrogen and oxygen atoms in total. The van der Waals surface area contributed by atoms with E-state index in [1.54, 1.807) is 43.3 Å². The van der Waals surface area contributed by atoms with Crippen molar-refractivity contribution in [3.05, 3.63) is 89.5 Å². The Hall–Kier alpha value is -5.07. The van der Waals surface area contributed by atoms with Gasteiger partial charge in [-0.1, -0.05) is 12.1 Å². The third-order valence-corrected chi connectivity index (χ3v) is 9.55. The summed E-state index contributed by atoms with van der Waals surface area (Å²) in [6.45, 7) is 4.34. The average Bonchev–Trinajstić information content (AvgIpc) is 3.51. The number of pyridine rings is 1. The van der Waals surface area contributed by atoms with E-state index in [1.165, 1.54) is 6.08 Å². The Kier molecular flexibility index (Phi) is 8.45. The van der Waals surface area contributed by atoms with Crippen molar-refractivity contribution in [1.29, 1.82) is 0 Å². The number of carbonyl (C=O) groups excluding carboxylic acids is 2. The molecule has 7 rings (SSSR count). The Labute approximate surface area is 282 Å². The fraction of sp³-hybridized carbons (Fsp3) is 0.324. The van der Waals surface area contributed by atoms with Gasteiger partial charge in [0.1, 0.15) is 28.6 Å². The van der Waals surface area contributed by atoms with Gasteiger partial charge in [-0.2, -0.15) is 0 Å². The lowest BCUT2D eigenvalue weighted by atomic mass is 9.96. The Bertz CT molecular complexity index is 2120. The largest absolute Gasteiger partial charge is 0.496 e. The van der Waals surface area contributed by atoms with Gasteiger partial charge < -0.3 is 34.0 Å². The zero-order valence-electron chi connectivity index (χ0n) is 27.9. The van der Waals surface area contributed by atoms with E-state index in [9.17, 15) is 9.59 Å². The van der Waals surface area contributed by atoms with Gasteiger partial charge in [0.15, 0.2) is 0 Å². The predicted molar refractivity (Wildman–Crippen MR) is 185 cm³/mol. The van der Waals surface area contributed by atoms with Crippen molar-refractivity contribution in [2.24, 2.45) is 0 Å². The van der Waals surface area contributed by atoms with Gasteiger partial charge in [0.05, 0.1) is 48.0 Å². The maximum absolute atomic E-state index is 15.3. The van der Waals surface area contributed by atoms with Crippen molar-refractivity contribution in [2.75, 3.05) is 51.2 Å². The number of ketones is 1. The summed E-state index contributed by atoms with van der Waals surface area (Å²) < 4.78 is 45.6. The number of fused-ring (bicyclic) bond motifs is 4. The number of ether oxygens (including phenoxy) is 2. The summed E-state index contributed by atoms with van der Waals surface area (Å²) >= 11 is 0. The van der Waals surface area contributed by atoms with E-state index in [0.29, 0.717) is 38.4 Å². The Morgan fingerprint density at radius 2 is 1.90 bits per heavy atom. The highest BCUT2D eigenvalue weighted by Crippen LogP contribution is 2.47. The van der Waals surface area contributed by atoms with E-state index in [-0.39, 0.29) is 16.8 Å². The minimum absolute atomic E-state index is 0.0979. The monoisotopic (exact) mass is 668 g/mol. The van der Waals surface area contributed by atoms with Gasteiger partial charge in [0.2, 0.25) is 11.7 Å². The van der Waals surface area contributed by atoms with Crippen LogP contribution < -0.4 is 20.3 Å². The number of aromatic nitrogens is 3. The molecule has 0 bridgehead atoms. The van der Waals surface area contributed by atoms with Crippen molar-refractivity contribution in [2.45, 2.75) is 38.3 Å². The molecule has 0 saturated heterocycles. The highest BCUT2D eigenvalue weighted by Gasteiger charge is 2.36. The quantitative estimate of drug-likeness (QED) is 0.137. The van der Waals surface area contributed by atoms with Crippen LogP contribution in [0.4, 0.5) is 20.2 Å². The molecule has 1 saturated carbocycles. The number of imidazole rings is 1. The SMILES string of the molecule is COCCn1cnc2c3c(c(OC)cc21)-c1cccn2c(C(=O)c4cc(F)c(NC(=O)/C=C/CNC5(C)CC5)c(F)c4)cc(c12)CCN3C. The molecule has 2 N–H and O–H groups in total. The summed E-state index contributed by atoms with van der Waals surface area (Å²) in [4.78, 5) is 33.3. The van der Waals surface area contributed by atoms with Crippen LogP contribution in [0.1, 0.15) is 41.4 Å². The second-order valence-electron chi connectivity index (χ2n) is 12.9. The minimum atomic E-state index is -1.04. The van der Waals surface area contributed by atoms with Crippen LogP contribution in [-0.2, 0) is 22.5 Å². The van der Waals surface area contributed by atoms with Crippen LogP contribution in [0, 0.1) is 11.6 Å². The van der Waals surface area contributed by atoms with Gasteiger partial charge >= 0.3 is 0 Å². The lowest BCUT2D eigenvalue weighted by Crippen LogP contribution is -2.27. The number of methoxy groups -OCH3 is 2. The molecule has 12 heteroatoms. The minimum Gasteiger partial charge on any atom is -0.496 e. The molecular weight excluding hydrogens is 630 g/mol. The number of amides is 1. The van der Waals surface area contributed by atoms with Crippen LogP contribution in [0.5, 0.6) is 5.75 Å². The third-order valence-electron chi connectivity index (χ3n) is 9.55. The number of likely N-dealkylation sites (N-methyl/N-ethyl adjacent to an activating group) is 1. The molecule has 2 aliphatic rings. The zero-order chi connectivity index (χ0) is 34.4. The molecule has 1 aliphatic carbocycles. The maximum Gasteiger partial charge on any atom is 0.248 e. The van der Waals surface area contributed by atoms with E-state index in [2.05, 4.69) is 22.5 Å². The smallest absolute Gasteiger partial charge is 0.248 e. The molecular formula is C37H38F2N6O4. The summed E-state index contributed by atoms with van der Waals surface area (Å²) in [6, 6.07) is 9.50. The van der Waals surface area contributed by atoms with Crippen molar-refractivity contribution in [3.8, 4) is 16.9 Å². The number of benzene rings is 2. The molecule has 0 spiro atoms. The van der Waals surface area contributed by atoms with E-state index in [1.807, 2.05) is 29.8 Å². The molecule has 0 radical (unpaired) electrons. The van der Waals surface area contributed by atoms with Crippen LogP contribution in [0.3, 0.4) is 0 Å². The lowest BCUT2D eigenvalue weighted by molar-refractivity contribution is -0.112. The number of nitrogens with one attached hydrogen (secondary N) is 2. The number of nitrogens with zero attached hydrogens (tertiary/aromatic N) is 4. The number of hydrogen-bond acceptors (Lipinski definition) is 7. The second kappa shape index (κ2) is 12.8. The van der Waals surface area contributed by atoms with E-state index in [0.717, 1.165) is 63.9 Å². The first-order valence-electron chi connectivity index (χ1n) is 16.3. The molecule has 1 fully saturated rings. The van der Waals surface area contributed by atoms with E-state index in [4.69, 9.17) is 14.5 Å². The summed E-state index contributed by atoms with van der Waals surface area (Å²) in [5.74, 6) is -2.65. The number of hydrogen-bond donors (Lipinski definition) is 2. The predicted octanol–water partition coefficient (Wildman–Crippen LogP) is 5.75. The summed E-state index contributed by atoms with van der Waals surface area (Å²) in [7, 11) is 5.29. The van der Waals surface area contributed by atoms with Gasteiger partial charge in [0.25, 0.3) is 0 Å². The zero-order valence-corrected chi connectivity index (χ0v) is 27.9. The number of halogens is 2. The van der Waals surface area contributed by atoms with Crippen molar-refractivity contribution in [1.82, 2.24) is 19.3 Å². The van der Waals surface area contributed by atoms with E-state index >= 15 is 8.78 Å². The maximum atomic E-state index is 15.3. The topological polar surface area (TPSA) is 102 Å². The van der Waals surface area contributed by atoms with Crippen molar-refractivity contribution < 1.29 is 27.8 Å². The van der Waals surface area contributed by atoms with Crippen LogP contribution in [0.2, 0.25) is 0 Å². The molecule has 1 aliphatic heterocycles. The molecule has 2 aromatic carbocycles. The van der Waals surface area contributed by atoms with E-state index < -0.39 is 29.0 Å². The molecule has 49 heavy (non-hydrogen) atoms. The number of rotatable bonds is 11. The average molecular weight is 669 g/mol. The van der Waals surface area contributed by atoms with Gasteiger partial charge in [0, 0.05) is 68.8 Å². The molecule has 254 valence electrons. The first-order chi connectivity index (χ1) is 23.6. The standard InChI is InChI=1S/C37H38F2N6O4/c1-37(10-11-37)41-12-5-8-30(46)42-32-25(38)17-23(18-26(32)39)36(47)28-19-22-9-14-43(2)35-31(24-7-6-13-45(28)34(22)24)29(49-4)20-27-33(35)40-21-44(27)15-16-48-3/h5-8,13,17-21,41H,9-12,14-16H2,1-4H3,(H,42,46)/b8-5+. The molecule has 3 aromatic heterocycles. The van der Waals surface area contributed by atoms with Gasteiger partial charge in [-0.05, 0) is 56.0 Å². The van der Waals surface area contributed by atoms with Crippen molar-refractivity contribution in [3.63, 3.8) is 0 Å². The molecule has 0 unspecified atom stereocenters. The Morgan fingerprint density at radius 1 is 1.12 bits per heavy atom. The summed E-state index contributed by atoms with van der Waals surface area (Å²) in [6.07, 6.45) is 9.16. The molecule has 5 aromatic rings. The number of carbonyl (C=O) groups is 2. The Morgan fingerprint density at radius 3 is 2.61 bits per heavy atom. The van der Waals surface area contributed by atoms with Gasteiger partial charge in [-0.15, -0.1) is 0 Å². The Balaban J connectivity index is 1.24. The summed E-state index contributed by atoms with van der Waals surface area (Å²) in [5, 5.41) is 5.57. The number of anilines is 2. The fourth-order valence-electron chi connectivity index (χ4n) is 6.60. The highest BCUT2D eigenvalue weighted by atomic mass is 19.1. The van der Waals surface area contributed by atoms with Crippen LogP contribution in [-0.4, -0.2) is 72.1 Å². The third kappa shape index (κ3) is 5.95. The van der Waals surface area contributed by atoms with Crippen LogP contribution in [0.15, 0.2) is 61.1 Å². The molecule has 4 heterocycles. The van der Waals surface area contributed by atoms with Gasteiger partial charge in [-0.25, -0.2) is 13.8 Å². The first kappa shape index (κ1) is 32.5. The molecule has 1 amide bonds. The first-order valence-corrected chi connectivity index (χ1v) is 16.3. The lowest BCUT2D eigenvalue weighted by Gasteiger charge is -2.27. The normalized spacial score (nSPS) is 15.0. The fourth-order valence-corrected chi connectivity index (χ4v) is 6.60. The van der Waals surface area contributed by atoms with Gasteiger partial charge in [-0.3, -0.25) is 9.59 Å². The van der Waals surface area contributed by atoms with Crippen LogP contribution >= 0.6 is 0 Å². The second-order valence-corrected chi connectivity index (χ2v) is 12.9. The van der Waals surface area contributed by atoms with Crippen LogP contribution in [0.25, 0.3) is 27.7 Å². The summed E-state index contributed by atoms with van der Waals surface area (Å²) in [5.41, 5.74) is 5.61.